The number of likely N-dealkylation sites (tertiary alicyclic amines) is 1. The van der Waals surface area contributed by atoms with Crippen molar-refractivity contribution in [1.29, 1.82) is 0 Å². The summed E-state index contributed by atoms with van der Waals surface area (Å²) in [5.74, 6) is 0. The average molecular weight is 200 g/mol. The summed E-state index contributed by atoms with van der Waals surface area (Å²) in [5.41, 5.74) is 0. The average Bonchev–Trinajstić information content (AvgIpc) is 2.01. The lowest BCUT2D eigenvalue weighted by molar-refractivity contribution is 0.157. The fourth-order valence-electron chi connectivity index (χ4n) is 2.28. The number of nitrogens with zero attached hydrogens (tertiary/aromatic N) is 1. The van der Waals surface area contributed by atoms with E-state index in [9.17, 15) is 5.11 Å². The van der Waals surface area contributed by atoms with Gasteiger partial charge >= 0.3 is 0 Å². The summed E-state index contributed by atoms with van der Waals surface area (Å²) < 4.78 is 0. The van der Waals surface area contributed by atoms with Gasteiger partial charge in [0.2, 0.25) is 0 Å². The van der Waals surface area contributed by atoms with Crippen LogP contribution in [0.1, 0.15) is 33.1 Å². The van der Waals surface area contributed by atoms with Crippen LogP contribution in [0.25, 0.3) is 0 Å². The number of nitrogens with one attached hydrogen (secondary N) is 1. The van der Waals surface area contributed by atoms with Crippen LogP contribution in [0.4, 0.5) is 0 Å². The van der Waals surface area contributed by atoms with Gasteiger partial charge in [-0.05, 0) is 46.7 Å². The maximum Gasteiger partial charge on any atom is 0.0526 e. The fraction of sp³-hybridized carbons (Fsp3) is 1.00. The number of hydrogen-bond donors (Lipinski definition) is 2. The number of piperidine rings is 1. The maximum atomic E-state index is 9.25. The van der Waals surface area contributed by atoms with Crippen LogP contribution in [-0.4, -0.2) is 48.3 Å². The number of likely N-dealkylation sites (N-methyl/N-ethyl adjacent to an activating group) is 1. The summed E-state index contributed by atoms with van der Waals surface area (Å²) in [6, 6.07) is 1.04. The molecule has 3 atom stereocenters. The first-order valence-corrected chi connectivity index (χ1v) is 5.70. The Bertz CT molecular complexity index is 161. The summed E-state index contributed by atoms with van der Waals surface area (Å²) in [5, 5.41) is 12.8. The van der Waals surface area contributed by atoms with E-state index in [1.165, 1.54) is 19.4 Å². The third-order valence-electron chi connectivity index (χ3n) is 2.84. The molecule has 3 heteroatoms. The number of rotatable bonds is 4. The zero-order chi connectivity index (χ0) is 10.6. The third kappa shape index (κ3) is 4.40. The fourth-order valence-corrected chi connectivity index (χ4v) is 2.28. The topological polar surface area (TPSA) is 35.5 Å². The molecule has 1 aliphatic heterocycles. The Morgan fingerprint density at radius 3 is 2.79 bits per heavy atom. The Balaban J connectivity index is 2.21. The summed E-state index contributed by atoms with van der Waals surface area (Å²) in [4.78, 5) is 2.37. The third-order valence-corrected chi connectivity index (χ3v) is 2.84. The molecule has 2 N–H and O–H groups in total. The van der Waals surface area contributed by atoms with Crippen molar-refractivity contribution in [3.8, 4) is 0 Å². The van der Waals surface area contributed by atoms with Crippen molar-refractivity contribution in [3.63, 3.8) is 0 Å². The molecular weight excluding hydrogens is 176 g/mol. The molecule has 0 bridgehead atoms. The molecule has 84 valence electrons. The highest BCUT2D eigenvalue weighted by atomic mass is 16.3. The molecule has 0 aromatic carbocycles. The molecule has 0 aromatic rings. The lowest BCUT2D eigenvalue weighted by Gasteiger charge is -2.32. The second-order valence-electron chi connectivity index (χ2n) is 4.75. The van der Waals surface area contributed by atoms with Gasteiger partial charge in [-0.2, -0.15) is 0 Å². The maximum absolute atomic E-state index is 9.25. The standard InChI is InChI=1S/C11H24N2O/c1-9(7-10(2)14)12-11-5-4-6-13(3)8-11/h9-12,14H,4-8H2,1-3H3. The first-order valence-electron chi connectivity index (χ1n) is 5.70. The van der Waals surface area contributed by atoms with E-state index in [4.69, 9.17) is 0 Å². The summed E-state index contributed by atoms with van der Waals surface area (Å²) in [6.07, 6.45) is 3.21. The largest absolute Gasteiger partial charge is 0.393 e. The first kappa shape index (κ1) is 12.0. The molecule has 1 heterocycles. The van der Waals surface area contributed by atoms with Gasteiger partial charge < -0.3 is 15.3 Å². The molecule has 1 aliphatic rings. The van der Waals surface area contributed by atoms with E-state index < -0.39 is 0 Å². The van der Waals surface area contributed by atoms with Gasteiger partial charge in [-0.15, -0.1) is 0 Å². The van der Waals surface area contributed by atoms with Crippen LogP contribution < -0.4 is 5.32 Å². The quantitative estimate of drug-likeness (QED) is 0.705. The van der Waals surface area contributed by atoms with Gasteiger partial charge in [0.15, 0.2) is 0 Å². The zero-order valence-corrected chi connectivity index (χ0v) is 9.66. The van der Waals surface area contributed by atoms with Crippen LogP contribution in [0.5, 0.6) is 0 Å². The predicted octanol–water partition coefficient (Wildman–Crippen LogP) is 0.830. The Labute approximate surface area is 87.5 Å². The molecule has 3 nitrogen and oxygen atoms in total. The predicted molar refractivity (Wildman–Crippen MR) is 59.4 cm³/mol. The van der Waals surface area contributed by atoms with Gasteiger partial charge in [-0.1, -0.05) is 0 Å². The monoisotopic (exact) mass is 200 g/mol. The minimum Gasteiger partial charge on any atom is -0.393 e. The molecule has 3 unspecified atom stereocenters. The van der Waals surface area contributed by atoms with E-state index in [0.29, 0.717) is 12.1 Å². The van der Waals surface area contributed by atoms with Gasteiger partial charge in [0.25, 0.3) is 0 Å². The Morgan fingerprint density at radius 1 is 1.50 bits per heavy atom. The molecule has 0 aliphatic carbocycles. The van der Waals surface area contributed by atoms with Crippen molar-refractivity contribution in [2.24, 2.45) is 0 Å². The molecule has 14 heavy (non-hydrogen) atoms. The Hall–Kier alpha value is -0.120. The molecular formula is C11H24N2O. The molecule has 0 radical (unpaired) electrons. The lowest BCUT2D eigenvalue weighted by atomic mass is 10.0. The van der Waals surface area contributed by atoms with Crippen LogP contribution in [0.2, 0.25) is 0 Å². The lowest BCUT2D eigenvalue weighted by Crippen LogP contribution is -2.47. The minimum absolute atomic E-state index is 0.196. The molecule has 0 saturated carbocycles. The van der Waals surface area contributed by atoms with E-state index in [2.05, 4.69) is 24.2 Å². The SMILES string of the molecule is CC(O)CC(C)NC1CCCN(C)C1. The first-order chi connectivity index (χ1) is 6.58. The van der Waals surface area contributed by atoms with Crippen molar-refractivity contribution in [2.75, 3.05) is 20.1 Å². The molecule has 1 fully saturated rings. The highest BCUT2D eigenvalue weighted by molar-refractivity contribution is 4.79. The van der Waals surface area contributed by atoms with Gasteiger partial charge in [0.1, 0.15) is 0 Å². The van der Waals surface area contributed by atoms with Gasteiger partial charge in [0, 0.05) is 18.6 Å². The second-order valence-corrected chi connectivity index (χ2v) is 4.75. The van der Waals surface area contributed by atoms with Crippen LogP contribution in [0.3, 0.4) is 0 Å². The summed E-state index contributed by atoms with van der Waals surface area (Å²) >= 11 is 0. The summed E-state index contributed by atoms with van der Waals surface area (Å²) in [7, 11) is 2.17. The zero-order valence-electron chi connectivity index (χ0n) is 9.66. The van der Waals surface area contributed by atoms with Crippen molar-refractivity contribution in [3.05, 3.63) is 0 Å². The van der Waals surface area contributed by atoms with E-state index >= 15 is 0 Å². The van der Waals surface area contributed by atoms with E-state index in [0.717, 1.165) is 13.0 Å². The van der Waals surface area contributed by atoms with Crippen molar-refractivity contribution >= 4 is 0 Å². The normalized spacial score (nSPS) is 28.7. The highest BCUT2D eigenvalue weighted by Gasteiger charge is 2.18. The van der Waals surface area contributed by atoms with Crippen LogP contribution in [0, 0.1) is 0 Å². The van der Waals surface area contributed by atoms with Gasteiger partial charge in [-0.3, -0.25) is 0 Å². The van der Waals surface area contributed by atoms with E-state index in [1.54, 1.807) is 0 Å². The smallest absolute Gasteiger partial charge is 0.0526 e. The molecule has 0 spiro atoms. The molecule has 0 amide bonds. The Morgan fingerprint density at radius 2 is 2.21 bits per heavy atom. The van der Waals surface area contributed by atoms with Crippen molar-refractivity contribution in [2.45, 2.75) is 51.3 Å². The van der Waals surface area contributed by atoms with Gasteiger partial charge in [0.05, 0.1) is 6.10 Å². The van der Waals surface area contributed by atoms with E-state index in [-0.39, 0.29) is 6.10 Å². The number of aliphatic hydroxyl groups is 1. The molecule has 0 aromatic heterocycles. The van der Waals surface area contributed by atoms with Gasteiger partial charge in [-0.25, -0.2) is 0 Å². The van der Waals surface area contributed by atoms with Crippen LogP contribution >= 0.6 is 0 Å². The van der Waals surface area contributed by atoms with E-state index in [1.807, 2.05) is 6.92 Å². The Kier molecular flexibility index (Phi) is 4.85. The molecule has 1 saturated heterocycles. The van der Waals surface area contributed by atoms with Crippen LogP contribution in [-0.2, 0) is 0 Å². The highest BCUT2D eigenvalue weighted by Crippen LogP contribution is 2.09. The number of hydrogen-bond acceptors (Lipinski definition) is 3. The number of aliphatic hydroxyl groups excluding tert-OH is 1. The van der Waals surface area contributed by atoms with Crippen LogP contribution in [0.15, 0.2) is 0 Å². The van der Waals surface area contributed by atoms with Crippen molar-refractivity contribution < 1.29 is 5.11 Å². The summed E-state index contributed by atoms with van der Waals surface area (Å²) in [6.45, 7) is 6.37. The molecule has 1 rings (SSSR count). The second kappa shape index (κ2) is 5.69. The van der Waals surface area contributed by atoms with Crippen molar-refractivity contribution in [1.82, 2.24) is 10.2 Å². The minimum atomic E-state index is -0.196.